The van der Waals surface area contributed by atoms with Gasteiger partial charge in [0.25, 0.3) is 10.0 Å². The Kier molecular flexibility index (Phi) is 3.79. The molecule has 6 nitrogen and oxygen atoms in total. The number of halogens is 1. The summed E-state index contributed by atoms with van der Waals surface area (Å²) in [7, 11) is -3.80. The Balaban J connectivity index is 2.09. The van der Waals surface area contributed by atoms with Crippen molar-refractivity contribution in [2.24, 2.45) is 5.14 Å². The molecule has 2 rings (SSSR count). The Morgan fingerprint density at radius 1 is 1.37 bits per heavy atom. The van der Waals surface area contributed by atoms with E-state index in [0.29, 0.717) is 17.5 Å². The molecule has 0 aliphatic carbocycles. The van der Waals surface area contributed by atoms with Crippen LogP contribution in [-0.4, -0.2) is 13.4 Å². The highest BCUT2D eigenvalue weighted by Crippen LogP contribution is 2.18. The van der Waals surface area contributed by atoms with Crippen LogP contribution in [0.4, 0.5) is 5.69 Å². The van der Waals surface area contributed by atoms with Crippen LogP contribution < -0.4 is 10.5 Å². The number of aryl methyl sites for hydroxylation is 1. The minimum absolute atomic E-state index is 0.254. The third-order valence-electron chi connectivity index (χ3n) is 2.42. The van der Waals surface area contributed by atoms with Crippen molar-refractivity contribution in [1.82, 2.24) is 4.98 Å². The number of nitrogens with two attached hydrogens (primary N) is 1. The zero-order valence-corrected chi connectivity index (χ0v) is 11.6. The number of aromatic nitrogens is 1. The maximum Gasteiger partial charge on any atom is 0.271 e. The van der Waals surface area contributed by atoms with Crippen molar-refractivity contribution < 1.29 is 12.8 Å². The smallest absolute Gasteiger partial charge is 0.271 e. The van der Waals surface area contributed by atoms with Crippen molar-refractivity contribution in [2.45, 2.75) is 18.6 Å². The number of sulfonamides is 1. The summed E-state index contributed by atoms with van der Waals surface area (Å²) in [5, 5.41) is 8.18. The summed E-state index contributed by atoms with van der Waals surface area (Å²) in [5.74, 6) is 0.457. The van der Waals surface area contributed by atoms with E-state index in [4.69, 9.17) is 21.2 Å². The number of hydrogen-bond acceptors (Lipinski definition) is 5. The van der Waals surface area contributed by atoms with E-state index < -0.39 is 10.0 Å². The first-order valence-corrected chi connectivity index (χ1v) is 7.27. The Bertz CT molecular complexity index is 697. The molecule has 19 heavy (non-hydrogen) atoms. The summed E-state index contributed by atoms with van der Waals surface area (Å²) in [6.45, 7) is 2.13. The van der Waals surface area contributed by atoms with E-state index in [2.05, 4.69) is 10.3 Å². The molecule has 0 atom stereocenters. The molecule has 0 spiro atoms. The van der Waals surface area contributed by atoms with Gasteiger partial charge in [0.05, 0.1) is 17.9 Å². The molecule has 8 heteroatoms. The molecule has 0 aliphatic rings. The normalized spacial score (nSPS) is 11.5. The van der Waals surface area contributed by atoms with Crippen LogP contribution in [0.2, 0.25) is 5.15 Å². The van der Waals surface area contributed by atoms with Crippen molar-refractivity contribution >= 4 is 27.3 Å². The van der Waals surface area contributed by atoms with Crippen molar-refractivity contribution in [3.8, 4) is 0 Å². The molecule has 0 saturated heterocycles. The Morgan fingerprint density at radius 3 is 2.68 bits per heavy atom. The highest BCUT2D eigenvalue weighted by atomic mass is 35.5. The molecule has 3 N–H and O–H groups in total. The monoisotopic (exact) mass is 301 g/mol. The molecular weight excluding hydrogens is 290 g/mol. The van der Waals surface area contributed by atoms with Gasteiger partial charge < -0.3 is 9.73 Å². The van der Waals surface area contributed by atoms with Crippen molar-refractivity contribution in [3.63, 3.8) is 0 Å². The number of furan rings is 1. The second-order valence-electron chi connectivity index (χ2n) is 3.89. The molecule has 0 aliphatic heterocycles. The number of hydrogen-bond donors (Lipinski definition) is 2. The van der Waals surface area contributed by atoms with Crippen molar-refractivity contribution in [1.29, 1.82) is 0 Å². The van der Waals surface area contributed by atoms with Crippen LogP contribution in [0.25, 0.3) is 0 Å². The molecule has 0 amide bonds. The molecule has 0 saturated carbocycles. The summed E-state index contributed by atoms with van der Waals surface area (Å²) in [4.78, 5) is 4.09. The maximum atomic E-state index is 11.1. The molecule has 102 valence electrons. The van der Waals surface area contributed by atoms with Gasteiger partial charge in [-0.1, -0.05) is 11.6 Å². The zero-order chi connectivity index (χ0) is 14.0. The molecule has 0 radical (unpaired) electrons. The van der Waals surface area contributed by atoms with Crippen LogP contribution in [0.5, 0.6) is 0 Å². The number of primary sulfonamides is 1. The molecule has 2 aromatic rings. The van der Waals surface area contributed by atoms with Gasteiger partial charge in [0.2, 0.25) is 5.09 Å². The second kappa shape index (κ2) is 5.20. The van der Waals surface area contributed by atoms with E-state index in [1.165, 1.54) is 6.07 Å². The number of nitrogens with zero attached hydrogens (tertiary/aromatic N) is 1. The highest BCUT2D eigenvalue weighted by molar-refractivity contribution is 7.89. The first-order chi connectivity index (χ1) is 8.86. The minimum atomic E-state index is -3.80. The van der Waals surface area contributed by atoms with Gasteiger partial charge in [0.1, 0.15) is 10.9 Å². The third kappa shape index (κ3) is 3.46. The number of anilines is 1. The average Bonchev–Trinajstić information content (AvgIpc) is 2.76. The Hall–Kier alpha value is -1.57. The third-order valence-corrected chi connectivity index (χ3v) is 3.41. The molecule has 0 fully saturated rings. The zero-order valence-electron chi connectivity index (χ0n) is 10.1. The van der Waals surface area contributed by atoms with Gasteiger partial charge in [-0.05, 0) is 31.2 Å². The predicted octanol–water partition coefficient (Wildman–Crippen LogP) is 1.90. The molecule has 2 aromatic heterocycles. The van der Waals surface area contributed by atoms with Crippen LogP contribution in [0, 0.1) is 6.92 Å². The van der Waals surface area contributed by atoms with Gasteiger partial charge in [-0.15, -0.1) is 0 Å². The number of pyridine rings is 1. The fourth-order valence-electron chi connectivity index (χ4n) is 1.51. The van der Waals surface area contributed by atoms with E-state index in [1.54, 1.807) is 18.2 Å². The van der Waals surface area contributed by atoms with Crippen LogP contribution in [0.15, 0.2) is 33.8 Å². The van der Waals surface area contributed by atoms with E-state index in [9.17, 15) is 8.42 Å². The Labute approximate surface area is 115 Å². The van der Waals surface area contributed by atoms with Gasteiger partial charge in [-0.3, -0.25) is 0 Å². The quantitative estimate of drug-likeness (QED) is 0.840. The Morgan fingerprint density at radius 2 is 2.11 bits per heavy atom. The molecule has 0 unspecified atom stereocenters. The first kappa shape index (κ1) is 13.9. The fourth-order valence-corrected chi connectivity index (χ4v) is 2.18. The van der Waals surface area contributed by atoms with Crippen LogP contribution >= 0.6 is 11.6 Å². The largest absolute Gasteiger partial charge is 0.446 e. The summed E-state index contributed by atoms with van der Waals surface area (Å²) in [6.07, 6.45) is 0. The fraction of sp³-hybridized carbons (Fsp3) is 0.182. The lowest BCUT2D eigenvalue weighted by Gasteiger charge is -2.07. The van der Waals surface area contributed by atoms with Crippen LogP contribution in [0.3, 0.4) is 0 Å². The van der Waals surface area contributed by atoms with Gasteiger partial charge in [0.15, 0.2) is 0 Å². The SMILES string of the molecule is Cc1nc(Cl)ccc1NCc1ccc(S(N)(=O)=O)o1. The van der Waals surface area contributed by atoms with E-state index in [-0.39, 0.29) is 5.09 Å². The van der Waals surface area contributed by atoms with Gasteiger partial charge in [-0.2, -0.15) is 0 Å². The lowest BCUT2D eigenvalue weighted by Crippen LogP contribution is -2.10. The minimum Gasteiger partial charge on any atom is -0.446 e. The summed E-state index contributed by atoms with van der Waals surface area (Å²) < 4.78 is 27.2. The van der Waals surface area contributed by atoms with Gasteiger partial charge in [-0.25, -0.2) is 18.5 Å². The van der Waals surface area contributed by atoms with Crippen molar-refractivity contribution in [3.05, 3.63) is 40.9 Å². The van der Waals surface area contributed by atoms with E-state index in [1.807, 2.05) is 6.92 Å². The lowest BCUT2D eigenvalue weighted by molar-refractivity contribution is 0.419. The molecule has 0 aromatic carbocycles. The molecular formula is C11H12ClN3O3S. The first-order valence-electron chi connectivity index (χ1n) is 5.35. The summed E-state index contributed by atoms with van der Waals surface area (Å²) in [5.41, 5.74) is 1.53. The summed E-state index contributed by atoms with van der Waals surface area (Å²) >= 11 is 5.75. The van der Waals surface area contributed by atoms with E-state index in [0.717, 1.165) is 11.4 Å². The predicted molar refractivity (Wildman–Crippen MR) is 71.4 cm³/mol. The van der Waals surface area contributed by atoms with Gasteiger partial charge in [0, 0.05) is 0 Å². The average molecular weight is 302 g/mol. The summed E-state index contributed by atoms with van der Waals surface area (Å²) in [6, 6.07) is 6.31. The molecule has 2 heterocycles. The van der Waals surface area contributed by atoms with E-state index >= 15 is 0 Å². The topological polar surface area (TPSA) is 98.2 Å². The van der Waals surface area contributed by atoms with Crippen LogP contribution in [-0.2, 0) is 16.6 Å². The second-order valence-corrected chi connectivity index (χ2v) is 5.77. The number of nitrogens with one attached hydrogen (secondary N) is 1. The van der Waals surface area contributed by atoms with Gasteiger partial charge >= 0.3 is 0 Å². The van der Waals surface area contributed by atoms with Crippen LogP contribution in [0.1, 0.15) is 11.5 Å². The van der Waals surface area contributed by atoms with Crippen molar-refractivity contribution in [2.75, 3.05) is 5.32 Å². The highest BCUT2D eigenvalue weighted by Gasteiger charge is 2.13. The molecule has 0 bridgehead atoms. The number of rotatable bonds is 4. The maximum absolute atomic E-state index is 11.1. The lowest BCUT2D eigenvalue weighted by atomic mass is 10.3. The standard InChI is InChI=1S/C11H12ClN3O3S/c1-7-9(3-4-10(12)15-7)14-6-8-2-5-11(18-8)19(13,16)17/h2-5,14H,6H2,1H3,(H2,13,16,17).